The summed E-state index contributed by atoms with van der Waals surface area (Å²) >= 11 is 0. The lowest BCUT2D eigenvalue weighted by molar-refractivity contribution is -0.125. The molecule has 24 heavy (non-hydrogen) atoms. The zero-order chi connectivity index (χ0) is 17.3. The van der Waals surface area contributed by atoms with E-state index in [9.17, 15) is 4.79 Å². The normalized spacial score (nSPS) is 15.5. The lowest BCUT2D eigenvalue weighted by Gasteiger charge is -2.24. The predicted octanol–water partition coefficient (Wildman–Crippen LogP) is 2.59. The summed E-state index contributed by atoms with van der Waals surface area (Å²) in [6.45, 7) is 6.80. The first kappa shape index (κ1) is 16.7. The Labute approximate surface area is 143 Å². The van der Waals surface area contributed by atoms with Crippen LogP contribution in [0.2, 0.25) is 0 Å². The Morgan fingerprint density at radius 1 is 1.33 bits per heavy atom. The van der Waals surface area contributed by atoms with Gasteiger partial charge in [-0.15, -0.1) is 0 Å². The smallest absolute Gasteiger partial charge is 0.237 e. The van der Waals surface area contributed by atoms with E-state index in [-0.39, 0.29) is 11.9 Å². The van der Waals surface area contributed by atoms with Crippen LogP contribution in [0, 0.1) is 13.8 Å². The fraction of sp³-hybridized carbons (Fsp3) is 0.474. The van der Waals surface area contributed by atoms with E-state index in [0.29, 0.717) is 12.6 Å². The molecule has 1 aromatic heterocycles. The number of benzene rings is 1. The third-order valence-corrected chi connectivity index (χ3v) is 4.81. The Kier molecular flexibility index (Phi) is 4.71. The molecule has 0 radical (unpaired) electrons. The zero-order valence-corrected chi connectivity index (χ0v) is 14.9. The SMILES string of the molecule is Cc1nn(-c2ccccc2)c(C)c1CN(C)[C@@H](C)C(=O)NC1CC1. The number of nitrogens with one attached hydrogen (secondary N) is 1. The molecule has 1 N–H and O–H groups in total. The Hall–Kier alpha value is -2.14. The maximum Gasteiger partial charge on any atom is 0.237 e. The van der Waals surface area contributed by atoms with Crippen molar-refractivity contribution in [2.45, 2.75) is 52.2 Å². The molecule has 128 valence electrons. The van der Waals surface area contributed by atoms with Gasteiger partial charge in [0.15, 0.2) is 0 Å². The molecule has 1 aliphatic rings. The van der Waals surface area contributed by atoms with Crippen molar-refractivity contribution in [3.8, 4) is 5.69 Å². The zero-order valence-electron chi connectivity index (χ0n) is 14.9. The third kappa shape index (κ3) is 3.51. The molecular weight excluding hydrogens is 300 g/mol. The number of amides is 1. The van der Waals surface area contributed by atoms with Crippen molar-refractivity contribution in [2.75, 3.05) is 7.05 Å². The summed E-state index contributed by atoms with van der Waals surface area (Å²) in [5.74, 6) is 0.116. The number of para-hydroxylation sites is 1. The monoisotopic (exact) mass is 326 g/mol. The second-order valence-electron chi connectivity index (χ2n) is 6.77. The van der Waals surface area contributed by atoms with Crippen LogP contribution in [0.5, 0.6) is 0 Å². The van der Waals surface area contributed by atoms with Crippen molar-refractivity contribution in [1.29, 1.82) is 0 Å². The second kappa shape index (κ2) is 6.77. The van der Waals surface area contributed by atoms with Crippen LogP contribution < -0.4 is 5.32 Å². The summed E-state index contributed by atoms with van der Waals surface area (Å²) < 4.78 is 1.98. The highest BCUT2D eigenvalue weighted by atomic mass is 16.2. The maximum atomic E-state index is 12.2. The van der Waals surface area contributed by atoms with Crippen LogP contribution in [0.1, 0.15) is 36.7 Å². The molecule has 1 aliphatic carbocycles. The van der Waals surface area contributed by atoms with Crippen molar-refractivity contribution < 1.29 is 4.79 Å². The number of carbonyl (C=O) groups excluding carboxylic acids is 1. The van der Waals surface area contributed by atoms with Crippen LogP contribution in [-0.4, -0.2) is 39.7 Å². The van der Waals surface area contributed by atoms with Crippen molar-refractivity contribution in [3.05, 3.63) is 47.3 Å². The standard InChI is InChI=1S/C19H26N4O/c1-13-18(12-22(4)15(3)19(24)20-16-10-11-16)14(2)23(21-13)17-8-6-5-7-9-17/h5-9,15-16H,10-12H2,1-4H3,(H,20,24)/t15-/m0/s1. The van der Waals surface area contributed by atoms with Crippen LogP contribution >= 0.6 is 0 Å². The van der Waals surface area contributed by atoms with Crippen molar-refractivity contribution in [2.24, 2.45) is 0 Å². The van der Waals surface area contributed by atoms with Crippen LogP contribution in [0.15, 0.2) is 30.3 Å². The average Bonchev–Trinajstić information content (AvgIpc) is 3.35. The van der Waals surface area contributed by atoms with Gasteiger partial charge in [0.25, 0.3) is 0 Å². The summed E-state index contributed by atoms with van der Waals surface area (Å²) in [7, 11) is 2.00. The summed E-state index contributed by atoms with van der Waals surface area (Å²) in [5.41, 5.74) is 4.39. The molecule has 3 rings (SSSR count). The Morgan fingerprint density at radius 3 is 2.62 bits per heavy atom. The van der Waals surface area contributed by atoms with Gasteiger partial charge in [-0.05, 0) is 52.8 Å². The van der Waals surface area contributed by atoms with E-state index in [2.05, 4.69) is 34.4 Å². The van der Waals surface area contributed by atoms with E-state index >= 15 is 0 Å². The molecule has 1 amide bonds. The van der Waals surface area contributed by atoms with Crippen LogP contribution in [0.25, 0.3) is 5.69 Å². The highest BCUT2D eigenvalue weighted by molar-refractivity contribution is 5.81. The van der Waals surface area contributed by atoms with E-state index in [1.165, 1.54) is 5.56 Å². The van der Waals surface area contributed by atoms with Gasteiger partial charge in [-0.1, -0.05) is 18.2 Å². The van der Waals surface area contributed by atoms with Gasteiger partial charge in [0.05, 0.1) is 17.4 Å². The molecule has 1 saturated carbocycles. The molecule has 1 aromatic carbocycles. The number of carbonyl (C=O) groups is 1. The molecule has 0 unspecified atom stereocenters. The number of aryl methyl sites for hydroxylation is 1. The highest BCUT2D eigenvalue weighted by Gasteiger charge is 2.27. The quantitative estimate of drug-likeness (QED) is 0.888. The van der Waals surface area contributed by atoms with E-state index in [1.807, 2.05) is 43.8 Å². The van der Waals surface area contributed by atoms with Gasteiger partial charge in [0.2, 0.25) is 5.91 Å². The third-order valence-electron chi connectivity index (χ3n) is 4.81. The van der Waals surface area contributed by atoms with E-state index < -0.39 is 0 Å². The fourth-order valence-corrected chi connectivity index (χ4v) is 2.86. The number of hydrogen-bond donors (Lipinski definition) is 1. The van der Waals surface area contributed by atoms with Gasteiger partial charge in [0.1, 0.15) is 0 Å². The van der Waals surface area contributed by atoms with Crippen LogP contribution in [0.3, 0.4) is 0 Å². The highest BCUT2D eigenvalue weighted by Crippen LogP contribution is 2.21. The second-order valence-corrected chi connectivity index (χ2v) is 6.77. The number of aromatic nitrogens is 2. The topological polar surface area (TPSA) is 50.2 Å². The summed E-state index contributed by atoms with van der Waals surface area (Å²) in [6.07, 6.45) is 2.23. The predicted molar refractivity (Wildman–Crippen MR) is 95.1 cm³/mol. The summed E-state index contributed by atoms with van der Waals surface area (Å²) in [5, 5.41) is 7.76. The number of hydrogen-bond acceptors (Lipinski definition) is 3. The lowest BCUT2D eigenvalue weighted by atomic mass is 10.1. The molecule has 5 nitrogen and oxygen atoms in total. The maximum absolute atomic E-state index is 12.2. The Bertz CT molecular complexity index is 718. The van der Waals surface area contributed by atoms with Gasteiger partial charge in [-0.2, -0.15) is 5.10 Å². The first-order valence-electron chi connectivity index (χ1n) is 8.58. The number of nitrogens with zero attached hydrogens (tertiary/aromatic N) is 3. The van der Waals surface area contributed by atoms with Crippen molar-refractivity contribution in [1.82, 2.24) is 20.0 Å². The van der Waals surface area contributed by atoms with Crippen LogP contribution in [-0.2, 0) is 11.3 Å². The van der Waals surface area contributed by atoms with Gasteiger partial charge in [0, 0.05) is 23.8 Å². The summed E-state index contributed by atoms with van der Waals surface area (Å²) in [6, 6.07) is 10.4. The molecule has 1 heterocycles. The minimum atomic E-state index is -0.149. The number of likely N-dealkylation sites (N-methyl/N-ethyl adjacent to an activating group) is 1. The van der Waals surface area contributed by atoms with Gasteiger partial charge < -0.3 is 5.32 Å². The Morgan fingerprint density at radius 2 is 2.00 bits per heavy atom. The molecule has 2 aromatic rings. The molecule has 1 atom stereocenters. The first-order valence-corrected chi connectivity index (χ1v) is 8.58. The van der Waals surface area contributed by atoms with Gasteiger partial charge >= 0.3 is 0 Å². The van der Waals surface area contributed by atoms with Crippen molar-refractivity contribution in [3.63, 3.8) is 0 Å². The van der Waals surface area contributed by atoms with E-state index in [1.54, 1.807) is 0 Å². The molecule has 0 saturated heterocycles. The summed E-state index contributed by atoms with van der Waals surface area (Å²) in [4.78, 5) is 14.3. The fourth-order valence-electron chi connectivity index (χ4n) is 2.86. The van der Waals surface area contributed by atoms with E-state index in [0.717, 1.165) is 29.9 Å². The molecule has 0 aliphatic heterocycles. The minimum absolute atomic E-state index is 0.116. The lowest BCUT2D eigenvalue weighted by Crippen LogP contribution is -2.43. The average molecular weight is 326 g/mol. The number of rotatable bonds is 6. The first-order chi connectivity index (χ1) is 11.5. The van der Waals surface area contributed by atoms with E-state index in [4.69, 9.17) is 0 Å². The largest absolute Gasteiger partial charge is 0.352 e. The molecule has 0 bridgehead atoms. The molecule has 1 fully saturated rings. The minimum Gasteiger partial charge on any atom is -0.352 e. The van der Waals surface area contributed by atoms with Crippen molar-refractivity contribution >= 4 is 5.91 Å². The molecule has 5 heteroatoms. The van der Waals surface area contributed by atoms with Crippen LogP contribution in [0.4, 0.5) is 0 Å². The van der Waals surface area contributed by atoms with Gasteiger partial charge in [-0.25, -0.2) is 4.68 Å². The van der Waals surface area contributed by atoms with Gasteiger partial charge in [-0.3, -0.25) is 9.69 Å². The molecular formula is C19H26N4O. The molecule has 0 spiro atoms. The Balaban J connectivity index is 1.75.